The summed E-state index contributed by atoms with van der Waals surface area (Å²) < 4.78 is 1.09. The first-order valence-electron chi connectivity index (χ1n) is 5.46. The largest absolute Gasteiger partial charge is 0.397 e. The van der Waals surface area contributed by atoms with Crippen LogP contribution in [0.15, 0.2) is 22.7 Å². The molecule has 0 atom stereocenters. The molecule has 0 heterocycles. The molecule has 0 unspecified atom stereocenters. The van der Waals surface area contributed by atoms with Gasteiger partial charge in [0, 0.05) is 17.6 Å². The van der Waals surface area contributed by atoms with Crippen LogP contribution < -0.4 is 10.6 Å². The molecule has 3 heteroatoms. The zero-order chi connectivity index (χ0) is 10.8. The third-order valence-electron chi connectivity index (χ3n) is 3.24. The second-order valence-electron chi connectivity index (χ2n) is 4.25. The van der Waals surface area contributed by atoms with E-state index in [0.29, 0.717) is 6.04 Å². The van der Waals surface area contributed by atoms with Gasteiger partial charge in [0.05, 0.1) is 11.4 Å². The Hall–Kier alpha value is -0.700. The van der Waals surface area contributed by atoms with Gasteiger partial charge in [-0.1, -0.05) is 28.8 Å². The van der Waals surface area contributed by atoms with Gasteiger partial charge in [0.15, 0.2) is 0 Å². The smallest absolute Gasteiger partial charge is 0.0611 e. The lowest BCUT2D eigenvalue weighted by atomic mass is 10.2. The SMILES string of the molecule is CN(c1cc(Br)ccc1N)C1CCCC1. The van der Waals surface area contributed by atoms with Crippen molar-refractivity contribution in [2.24, 2.45) is 0 Å². The zero-order valence-electron chi connectivity index (χ0n) is 9.04. The second kappa shape index (κ2) is 4.44. The van der Waals surface area contributed by atoms with Crippen LogP contribution in [0.25, 0.3) is 0 Å². The molecule has 1 saturated carbocycles. The van der Waals surface area contributed by atoms with E-state index in [9.17, 15) is 0 Å². The maximum atomic E-state index is 6.00. The highest BCUT2D eigenvalue weighted by molar-refractivity contribution is 9.10. The van der Waals surface area contributed by atoms with Gasteiger partial charge in [-0.05, 0) is 31.0 Å². The molecular formula is C12H17BrN2. The van der Waals surface area contributed by atoms with Crippen LogP contribution in [-0.2, 0) is 0 Å². The Morgan fingerprint density at radius 1 is 1.33 bits per heavy atom. The average molecular weight is 269 g/mol. The fourth-order valence-electron chi connectivity index (χ4n) is 2.31. The summed E-state index contributed by atoms with van der Waals surface area (Å²) in [7, 11) is 2.15. The standard InChI is InChI=1S/C12H17BrN2/c1-15(10-4-2-3-5-10)12-8-9(13)6-7-11(12)14/h6-8,10H,2-5,14H2,1H3. The van der Waals surface area contributed by atoms with Gasteiger partial charge in [-0.25, -0.2) is 0 Å². The number of nitrogen functional groups attached to an aromatic ring is 1. The van der Waals surface area contributed by atoms with Gasteiger partial charge in [0.1, 0.15) is 0 Å². The van der Waals surface area contributed by atoms with Crippen molar-refractivity contribution < 1.29 is 0 Å². The van der Waals surface area contributed by atoms with E-state index >= 15 is 0 Å². The van der Waals surface area contributed by atoms with Crippen LogP contribution >= 0.6 is 15.9 Å². The Bertz CT molecular complexity index is 345. The molecule has 15 heavy (non-hydrogen) atoms. The molecule has 0 bridgehead atoms. The quantitative estimate of drug-likeness (QED) is 0.834. The Morgan fingerprint density at radius 3 is 2.67 bits per heavy atom. The van der Waals surface area contributed by atoms with E-state index in [2.05, 4.69) is 33.9 Å². The molecule has 0 aromatic heterocycles. The number of halogens is 1. The maximum Gasteiger partial charge on any atom is 0.0611 e. The highest BCUT2D eigenvalue weighted by Crippen LogP contribution is 2.32. The number of rotatable bonds is 2. The molecule has 0 spiro atoms. The lowest BCUT2D eigenvalue weighted by Gasteiger charge is -2.27. The number of anilines is 2. The minimum absolute atomic E-state index is 0.668. The summed E-state index contributed by atoms with van der Waals surface area (Å²) in [6.07, 6.45) is 5.29. The minimum Gasteiger partial charge on any atom is -0.397 e. The second-order valence-corrected chi connectivity index (χ2v) is 5.17. The normalized spacial score (nSPS) is 16.9. The molecule has 2 rings (SSSR count). The van der Waals surface area contributed by atoms with Crippen molar-refractivity contribution in [2.75, 3.05) is 17.7 Å². The highest BCUT2D eigenvalue weighted by Gasteiger charge is 2.21. The van der Waals surface area contributed by atoms with Crippen LogP contribution in [-0.4, -0.2) is 13.1 Å². The number of nitrogens with zero attached hydrogens (tertiary/aromatic N) is 1. The van der Waals surface area contributed by atoms with Crippen molar-refractivity contribution in [1.29, 1.82) is 0 Å². The lowest BCUT2D eigenvalue weighted by molar-refractivity contribution is 0.654. The summed E-state index contributed by atoms with van der Waals surface area (Å²) in [6.45, 7) is 0. The molecule has 1 aliphatic carbocycles. The highest BCUT2D eigenvalue weighted by atomic mass is 79.9. The Morgan fingerprint density at radius 2 is 2.00 bits per heavy atom. The number of hydrogen-bond donors (Lipinski definition) is 1. The molecule has 82 valence electrons. The van der Waals surface area contributed by atoms with Crippen molar-refractivity contribution in [1.82, 2.24) is 0 Å². The van der Waals surface area contributed by atoms with Crippen LogP contribution in [0.2, 0.25) is 0 Å². The molecule has 1 aliphatic rings. The molecule has 1 aromatic carbocycles. The summed E-state index contributed by atoms with van der Waals surface area (Å²) in [5, 5.41) is 0. The maximum absolute atomic E-state index is 6.00. The van der Waals surface area contributed by atoms with Crippen molar-refractivity contribution in [2.45, 2.75) is 31.7 Å². The summed E-state index contributed by atoms with van der Waals surface area (Å²) in [4.78, 5) is 2.33. The van der Waals surface area contributed by atoms with Gasteiger partial charge in [-0.2, -0.15) is 0 Å². The molecule has 0 saturated heterocycles. The van der Waals surface area contributed by atoms with E-state index in [1.165, 1.54) is 25.7 Å². The van der Waals surface area contributed by atoms with Crippen LogP contribution in [0.1, 0.15) is 25.7 Å². The number of benzene rings is 1. The fraction of sp³-hybridized carbons (Fsp3) is 0.500. The van der Waals surface area contributed by atoms with Gasteiger partial charge in [0.2, 0.25) is 0 Å². The van der Waals surface area contributed by atoms with E-state index in [1.807, 2.05) is 12.1 Å². The topological polar surface area (TPSA) is 29.3 Å². The van der Waals surface area contributed by atoms with Crippen molar-refractivity contribution in [3.05, 3.63) is 22.7 Å². The first-order valence-corrected chi connectivity index (χ1v) is 6.25. The number of nitrogens with two attached hydrogens (primary N) is 1. The molecule has 0 amide bonds. The van der Waals surface area contributed by atoms with Crippen LogP contribution in [0.3, 0.4) is 0 Å². The molecule has 1 fully saturated rings. The monoisotopic (exact) mass is 268 g/mol. The molecular weight excluding hydrogens is 252 g/mol. The van der Waals surface area contributed by atoms with E-state index in [-0.39, 0.29) is 0 Å². The summed E-state index contributed by atoms with van der Waals surface area (Å²) in [5.74, 6) is 0. The van der Waals surface area contributed by atoms with E-state index in [1.54, 1.807) is 0 Å². The van der Waals surface area contributed by atoms with Crippen LogP contribution in [0, 0.1) is 0 Å². The van der Waals surface area contributed by atoms with Gasteiger partial charge >= 0.3 is 0 Å². The molecule has 2 nitrogen and oxygen atoms in total. The Kier molecular flexibility index (Phi) is 3.19. The Labute approximate surface area is 99.6 Å². The third-order valence-corrected chi connectivity index (χ3v) is 3.74. The van der Waals surface area contributed by atoms with Crippen molar-refractivity contribution in [3.8, 4) is 0 Å². The fourth-order valence-corrected chi connectivity index (χ4v) is 2.66. The molecule has 0 radical (unpaired) electrons. The molecule has 1 aromatic rings. The molecule has 0 aliphatic heterocycles. The van der Waals surface area contributed by atoms with Crippen molar-refractivity contribution >= 4 is 27.3 Å². The minimum atomic E-state index is 0.668. The average Bonchev–Trinajstić information content (AvgIpc) is 2.74. The first-order chi connectivity index (χ1) is 7.18. The predicted molar refractivity (Wildman–Crippen MR) is 69.2 cm³/mol. The summed E-state index contributed by atoms with van der Waals surface area (Å²) >= 11 is 3.49. The molecule has 2 N–H and O–H groups in total. The Balaban J connectivity index is 2.23. The zero-order valence-corrected chi connectivity index (χ0v) is 10.6. The van der Waals surface area contributed by atoms with Gasteiger partial charge < -0.3 is 10.6 Å². The third kappa shape index (κ3) is 2.28. The van der Waals surface area contributed by atoms with E-state index in [4.69, 9.17) is 5.73 Å². The van der Waals surface area contributed by atoms with Crippen LogP contribution in [0.4, 0.5) is 11.4 Å². The van der Waals surface area contributed by atoms with Gasteiger partial charge in [-0.3, -0.25) is 0 Å². The van der Waals surface area contributed by atoms with Gasteiger partial charge in [-0.15, -0.1) is 0 Å². The summed E-state index contributed by atoms with van der Waals surface area (Å²) in [6, 6.07) is 6.72. The summed E-state index contributed by atoms with van der Waals surface area (Å²) in [5.41, 5.74) is 8.01. The van der Waals surface area contributed by atoms with Crippen molar-refractivity contribution in [3.63, 3.8) is 0 Å². The van der Waals surface area contributed by atoms with Crippen LogP contribution in [0.5, 0.6) is 0 Å². The number of hydrogen-bond acceptors (Lipinski definition) is 2. The first kappa shape index (κ1) is 10.8. The lowest BCUT2D eigenvalue weighted by Crippen LogP contribution is -2.29. The van der Waals surface area contributed by atoms with Gasteiger partial charge in [0.25, 0.3) is 0 Å². The van der Waals surface area contributed by atoms with E-state index in [0.717, 1.165) is 15.8 Å². The van der Waals surface area contributed by atoms with E-state index < -0.39 is 0 Å². The predicted octanol–water partition coefficient (Wildman–Crippen LogP) is 3.41.